The number of anilines is 1. The molecule has 1 unspecified atom stereocenters. The van der Waals surface area contributed by atoms with Crippen LogP contribution in [0.1, 0.15) is 25.8 Å². The van der Waals surface area contributed by atoms with E-state index in [0.717, 1.165) is 42.9 Å². The summed E-state index contributed by atoms with van der Waals surface area (Å²) in [6, 6.07) is 17.8. The molecule has 0 spiro atoms. The van der Waals surface area contributed by atoms with E-state index in [2.05, 4.69) is 27.2 Å². The van der Waals surface area contributed by atoms with E-state index < -0.39 is 0 Å². The van der Waals surface area contributed by atoms with E-state index in [-0.39, 0.29) is 12.0 Å². The van der Waals surface area contributed by atoms with Crippen LogP contribution in [0.2, 0.25) is 0 Å². The van der Waals surface area contributed by atoms with E-state index in [1.807, 2.05) is 65.8 Å². The molecule has 1 atom stereocenters. The molecule has 180 valence electrons. The molecular formula is C25H31N5O3S. The fraction of sp³-hybridized carbons (Fsp3) is 0.400. The number of methoxy groups -OCH3 is 1. The normalized spacial score (nSPS) is 14.7. The zero-order chi connectivity index (χ0) is 23.9. The van der Waals surface area contributed by atoms with Crippen molar-refractivity contribution in [3.63, 3.8) is 0 Å². The second-order valence-electron chi connectivity index (χ2n) is 8.02. The van der Waals surface area contributed by atoms with Crippen molar-refractivity contribution in [1.82, 2.24) is 19.7 Å². The van der Waals surface area contributed by atoms with Crippen LogP contribution < -0.4 is 14.4 Å². The number of benzene rings is 2. The summed E-state index contributed by atoms with van der Waals surface area (Å²) in [6.07, 6.45) is -0.296. The highest BCUT2D eigenvalue weighted by atomic mass is 32.2. The smallest absolute Gasteiger partial charge is 0.233 e. The first kappa shape index (κ1) is 23.9. The SMILES string of the molecule is CCn1c(SCC(=O)N2CCN(c3ccccc3)CC2)nnc1C(C)Oc1cccc(OC)c1. The molecule has 1 aliphatic rings. The molecule has 1 aromatic heterocycles. The van der Waals surface area contributed by atoms with Crippen LogP contribution in [0.4, 0.5) is 5.69 Å². The largest absolute Gasteiger partial charge is 0.497 e. The number of hydrogen-bond donors (Lipinski definition) is 0. The lowest BCUT2D eigenvalue weighted by atomic mass is 10.2. The van der Waals surface area contributed by atoms with Crippen molar-refractivity contribution in [2.24, 2.45) is 0 Å². The molecule has 0 N–H and O–H groups in total. The molecule has 1 amide bonds. The lowest BCUT2D eigenvalue weighted by molar-refractivity contribution is -0.128. The summed E-state index contributed by atoms with van der Waals surface area (Å²) >= 11 is 1.43. The first-order chi connectivity index (χ1) is 16.6. The molecule has 2 aromatic carbocycles. The molecule has 0 radical (unpaired) electrons. The zero-order valence-electron chi connectivity index (χ0n) is 19.9. The van der Waals surface area contributed by atoms with E-state index >= 15 is 0 Å². The highest BCUT2D eigenvalue weighted by Gasteiger charge is 2.23. The minimum atomic E-state index is -0.296. The van der Waals surface area contributed by atoms with Crippen LogP contribution in [0.15, 0.2) is 59.8 Å². The molecule has 0 aliphatic carbocycles. The number of piperazine rings is 1. The average Bonchev–Trinajstić information content (AvgIpc) is 3.31. The number of nitrogens with zero attached hydrogens (tertiary/aromatic N) is 5. The predicted molar refractivity (Wildman–Crippen MR) is 134 cm³/mol. The summed E-state index contributed by atoms with van der Waals surface area (Å²) in [6.45, 7) is 7.82. The molecule has 1 aliphatic heterocycles. The first-order valence-corrected chi connectivity index (χ1v) is 12.5. The Morgan fingerprint density at radius 3 is 2.47 bits per heavy atom. The summed E-state index contributed by atoms with van der Waals surface area (Å²) in [5.74, 6) is 2.65. The van der Waals surface area contributed by atoms with Crippen LogP contribution in [-0.2, 0) is 11.3 Å². The number of aromatic nitrogens is 3. The fourth-order valence-corrected chi connectivity index (χ4v) is 4.92. The number of thioether (sulfide) groups is 1. The maximum absolute atomic E-state index is 12.8. The molecule has 4 rings (SSSR count). The zero-order valence-corrected chi connectivity index (χ0v) is 20.7. The summed E-state index contributed by atoms with van der Waals surface area (Å²) in [5.41, 5.74) is 1.21. The third-order valence-corrected chi connectivity index (χ3v) is 6.81. The maximum Gasteiger partial charge on any atom is 0.233 e. The fourth-order valence-electron chi connectivity index (χ4n) is 4.01. The van der Waals surface area contributed by atoms with Gasteiger partial charge in [-0.3, -0.25) is 4.79 Å². The van der Waals surface area contributed by atoms with Crippen molar-refractivity contribution in [2.75, 3.05) is 43.9 Å². The minimum Gasteiger partial charge on any atom is -0.497 e. The lowest BCUT2D eigenvalue weighted by Crippen LogP contribution is -2.49. The molecule has 2 heterocycles. The molecule has 0 saturated carbocycles. The van der Waals surface area contributed by atoms with Gasteiger partial charge in [0.1, 0.15) is 11.5 Å². The summed E-state index contributed by atoms with van der Waals surface area (Å²) < 4.78 is 13.4. The summed E-state index contributed by atoms with van der Waals surface area (Å²) in [7, 11) is 1.63. The Bertz CT molecular complexity index is 1080. The van der Waals surface area contributed by atoms with Crippen molar-refractivity contribution in [3.05, 3.63) is 60.4 Å². The number of ether oxygens (including phenoxy) is 2. The van der Waals surface area contributed by atoms with E-state index in [9.17, 15) is 4.79 Å². The quantitative estimate of drug-likeness (QED) is 0.429. The highest BCUT2D eigenvalue weighted by Crippen LogP contribution is 2.27. The maximum atomic E-state index is 12.8. The Morgan fingerprint density at radius 2 is 1.76 bits per heavy atom. The van der Waals surface area contributed by atoms with Gasteiger partial charge in [0, 0.05) is 44.5 Å². The summed E-state index contributed by atoms with van der Waals surface area (Å²) in [5, 5.41) is 9.44. The molecule has 1 saturated heterocycles. The van der Waals surface area contributed by atoms with Crippen molar-refractivity contribution in [2.45, 2.75) is 31.7 Å². The number of carbonyl (C=O) groups is 1. The van der Waals surface area contributed by atoms with Gasteiger partial charge in [0.25, 0.3) is 0 Å². The first-order valence-electron chi connectivity index (χ1n) is 11.5. The third-order valence-electron chi connectivity index (χ3n) is 5.86. The van der Waals surface area contributed by atoms with E-state index in [0.29, 0.717) is 18.0 Å². The van der Waals surface area contributed by atoms with Gasteiger partial charge in [-0.15, -0.1) is 10.2 Å². The third kappa shape index (κ3) is 5.64. The van der Waals surface area contributed by atoms with E-state index in [1.54, 1.807) is 7.11 Å². The van der Waals surface area contributed by atoms with E-state index in [1.165, 1.54) is 17.4 Å². The molecule has 8 nitrogen and oxygen atoms in total. The Kier molecular flexibility index (Phi) is 7.95. The van der Waals surface area contributed by atoms with Crippen molar-refractivity contribution in [3.8, 4) is 11.5 Å². The Balaban J connectivity index is 1.32. The van der Waals surface area contributed by atoms with Gasteiger partial charge >= 0.3 is 0 Å². The standard InChI is InChI=1S/C25H31N5O3S/c1-4-30-24(19(2)33-22-12-8-11-21(17-22)32-3)26-27-25(30)34-18-23(31)29-15-13-28(14-16-29)20-9-6-5-7-10-20/h5-12,17,19H,4,13-16,18H2,1-3H3. The molecule has 0 bridgehead atoms. The van der Waals surface area contributed by atoms with Crippen molar-refractivity contribution >= 4 is 23.4 Å². The molecule has 1 fully saturated rings. The Hall–Kier alpha value is -3.20. The van der Waals surface area contributed by atoms with Gasteiger partial charge < -0.3 is 23.8 Å². The predicted octanol–water partition coefficient (Wildman–Crippen LogP) is 3.89. The van der Waals surface area contributed by atoms with Crippen LogP contribution in [0.25, 0.3) is 0 Å². The monoisotopic (exact) mass is 481 g/mol. The molecular weight excluding hydrogens is 450 g/mol. The Labute approximate surface area is 204 Å². The van der Waals surface area contributed by atoms with Gasteiger partial charge in [0.05, 0.1) is 12.9 Å². The molecule has 3 aromatic rings. The summed E-state index contributed by atoms with van der Waals surface area (Å²) in [4.78, 5) is 17.1. The van der Waals surface area contributed by atoms with Crippen LogP contribution in [-0.4, -0.2) is 64.6 Å². The topological polar surface area (TPSA) is 72.7 Å². The van der Waals surface area contributed by atoms with Gasteiger partial charge in [-0.25, -0.2) is 0 Å². The van der Waals surface area contributed by atoms with Gasteiger partial charge in [0.2, 0.25) is 5.91 Å². The second kappa shape index (κ2) is 11.3. The van der Waals surface area contributed by atoms with Crippen LogP contribution in [0, 0.1) is 0 Å². The lowest BCUT2D eigenvalue weighted by Gasteiger charge is -2.36. The number of hydrogen-bond acceptors (Lipinski definition) is 7. The van der Waals surface area contributed by atoms with Crippen molar-refractivity contribution in [1.29, 1.82) is 0 Å². The minimum absolute atomic E-state index is 0.130. The second-order valence-corrected chi connectivity index (χ2v) is 8.96. The van der Waals surface area contributed by atoms with E-state index in [4.69, 9.17) is 9.47 Å². The number of carbonyl (C=O) groups excluding carboxylic acids is 1. The Morgan fingerprint density at radius 1 is 1.03 bits per heavy atom. The molecule has 9 heteroatoms. The van der Waals surface area contributed by atoms with Crippen LogP contribution in [0.5, 0.6) is 11.5 Å². The van der Waals surface area contributed by atoms with Crippen molar-refractivity contribution < 1.29 is 14.3 Å². The van der Waals surface area contributed by atoms with Crippen LogP contribution in [0.3, 0.4) is 0 Å². The number of para-hydroxylation sites is 1. The van der Waals surface area contributed by atoms with Gasteiger partial charge in [-0.1, -0.05) is 36.0 Å². The van der Waals surface area contributed by atoms with Crippen LogP contribution >= 0.6 is 11.8 Å². The van der Waals surface area contributed by atoms with Gasteiger partial charge in [-0.2, -0.15) is 0 Å². The average molecular weight is 482 g/mol. The van der Waals surface area contributed by atoms with Gasteiger partial charge in [-0.05, 0) is 38.1 Å². The highest BCUT2D eigenvalue weighted by molar-refractivity contribution is 7.99. The molecule has 34 heavy (non-hydrogen) atoms. The number of amides is 1. The number of rotatable bonds is 9. The van der Waals surface area contributed by atoms with Gasteiger partial charge in [0.15, 0.2) is 17.1 Å².